The monoisotopic (exact) mass is 315 g/mol. The van der Waals surface area contributed by atoms with E-state index in [-0.39, 0.29) is 11.6 Å². The quantitative estimate of drug-likeness (QED) is 0.644. The number of non-ortho nitro benzene ring substituents is 1. The molecule has 0 saturated carbocycles. The molecule has 0 fully saturated rings. The van der Waals surface area contributed by atoms with Gasteiger partial charge in [0.1, 0.15) is 0 Å². The summed E-state index contributed by atoms with van der Waals surface area (Å²) in [6, 6.07) is 3.55. The maximum absolute atomic E-state index is 11.7. The lowest BCUT2D eigenvalue weighted by molar-refractivity contribution is -0.384. The van der Waals surface area contributed by atoms with Gasteiger partial charge in [-0.15, -0.1) is 0 Å². The van der Waals surface area contributed by atoms with Crippen molar-refractivity contribution in [1.82, 2.24) is 0 Å². The van der Waals surface area contributed by atoms with Gasteiger partial charge in [-0.05, 0) is 28.4 Å². The van der Waals surface area contributed by atoms with Gasteiger partial charge in [0.05, 0.1) is 16.7 Å². The van der Waals surface area contributed by atoms with Crippen LogP contribution in [0, 0.1) is 10.1 Å². The fraction of sp³-hybridized carbons (Fsp3) is 0.364. The zero-order valence-electron chi connectivity index (χ0n) is 9.85. The topological polar surface area (TPSA) is 98.3 Å². The molecular formula is C11H14BrN3O3. The van der Waals surface area contributed by atoms with Gasteiger partial charge in [0.2, 0.25) is 5.91 Å². The third kappa shape index (κ3) is 3.78. The number of nitro benzene ring substituents is 1. The van der Waals surface area contributed by atoms with Crippen LogP contribution in [0.1, 0.15) is 19.8 Å². The number of anilines is 1. The predicted molar refractivity (Wildman–Crippen MR) is 72.3 cm³/mol. The van der Waals surface area contributed by atoms with Crippen molar-refractivity contribution >= 4 is 33.2 Å². The number of nitrogens with two attached hydrogens (primary N) is 1. The van der Waals surface area contributed by atoms with Crippen LogP contribution in [0.15, 0.2) is 22.7 Å². The number of hydrogen-bond acceptors (Lipinski definition) is 4. The summed E-state index contributed by atoms with van der Waals surface area (Å²) in [7, 11) is 0. The Hall–Kier alpha value is -1.47. The SMILES string of the molecule is CCC[C@@H](N)C(=O)Nc1cc([N+](=O)[O-])ccc1Br. The summed E-state index contributed by atoms with van der Waals surface area (Å²) in [5.74, 6) is -0.349. The van der Waals surface area contributed by atoms with Crippen molar-refractivity contribution in [2.75, 3.05) is 5.32 Å². The molecule has 1 aromatic rings. The molecule has 1 atom stereocenters. The maximum atomic E-state index is 11.7. The van der Waals surface area contributed by atoms with E-state index in [1.165, 1.54) is 18.2 Å². The molecule has 0 aromatic heterocycles. The first-order valence-corrected chi connectivity index (χ1v) is 6.25. The second-order valence-electron chi connectivity index (χ2n) is 3.81. The van der Waals surface area contributed by atoms with Crippen LogP contribution in [0.25, 0.3) is 0 Å². The number of rotatable bonds is 5. The van der Waals surface area contributed by atoms with Gasteiger partial charge in [-0.1, -0.05) is 13.3 Å². The van der Waals surface area contributed by atoms with Gasteiger partial charge in [0.15, 0.2) is 0 Å². The number of carbonyl (C=O) groups excluding carboxylic acids is 1. The molecule has 0 spiro atoms. The van der Waals surface area contributed by atoms with Gasteiger partial charge in [0.25, 0.3) is 5.69 Å². The van der Waals surface area contributed by atoms with E-state index in [0.717, 1.165) is 6.42 Å². The van der Waals surface area contributed by atoms with Crippen LogP contribution in [0.4, 0.5) is 11.4 Å². The lowest BCUT2D eigenvalue weighted by Crippen LogP contribution is -2.35. The van der Waals surface area contributed by atoms with Crippen molar-refractivity contribution in [3.63, 3.8) is 0 Å². The van der Waals surface area contributed by atoms with E-state index in [4.69, 9.17) is 5.73 Å². The lowest BCUT2D eigenvalue weighted by atomic mass is 10.1. The Morgan fingerprint density at radius 2 is 2.28 bits per heavy atom. The molecule has 7 heteroatoms. The first kappa shape index (κ1) is 14.6. The first-order valence-electron chi connectivity index (χ1n) is 5.46. The molecule has 1 rings (SSSR count). The Morgan fingerprint density at radius 1 is 1.61 bits per heavy atom. The number of nitro groups is 1. The summed E-state index contributed by atoms with van der Waals surface area (Å²) in [6.45, 7) is 1.93. The smallest absolute Gasteiger partial charge is 0.271 e. The van der Waals surface area contributed by atoms with Gasteiger partial charge in [-0.3, -0.25) is 14.9 Å². The van der Waals surface area contributed by atoms with Crippen molar-refractivity contribution in [3.05, 3.63) is 32.8 Å². The number of benzene rings is 1. The summed E-state index contributed by atoms with van der Waals surface area (Å²) in [4.78, 5) is 21.8. The molecule has 18 heavy (non-hydrogen) atoms. The summed E-state index contributed by atoms with van der Waals surface area (Å²) in [6.07, 6.45) is 1.36. The Bertz CT molecular complexity index is 465. The zero-order valence-corrected chi connectivity index (χ0v) is 11.4. The molecule has 3 N–H and O–H groups in total. The highest BCUT2D eigenvalue weighted by Crippen LogP contribution is 2.27. The summed E-state index contributed by atoms with van der Waals surface area (Å²) >= 11 is 3.22. The molecule has 0 unspecified atom stereocenters. The van der Waals surface area contributed by atoms with Crippen LogP contribution >= 0.6 is 15.9 Å². The summed E-state index contributed by atoms with van der Waals surface area (Å²) < 4.78 is 0.574. The van der Waals surface area contributed by atoms with E-state index < -0.39 is 11.0 Å². The predicted octanol–water partition coefficient (Wildman–Crippen LogP) is 2.42. The molecule has 1 aromatic carbocycles. The zero-order chi connectivity index (χ0) is 13.7. The number of halogens is 1. The highest BCUT2D eigenvalue weighted by atomic mass is 79.9. The van der Waals surface area contributed by atoms with Crippen LogP contribution < -0.4 is 11.1 Å². The fourth-order valence-corrected chi connectivity index (χ4v) is 1.74. The van der Waals surface area contributed by atoms with E-state index in [1.54, 1.807) is 0 Å². The summed E-state index contributed by atoms with van der Waals surface area (Å²) in [5, 5.41) is 13.2. The molecule has 0 aliphatic rings. The van der Waals surface area contributed by atoms with Crippen LogP contribution in [-0.4, -0.2) is 16.9 Å². The number of carbonyl (C=O) groups is 1. The van der Waals surface area contributed by atoms with Crippen LogP contribution in [0.5, 0.6) is 0 Å². The maximum Gasteiger partial charge on any atom is 0.271 e. The number of nitrogens with one attached hydrogen (secondary N) is 1. The Labute approximate surface area is 113 Å². The van der Waals surface area contributed by atoms with Gasteiger partial charge in [-0.25, -0.2) is 0 Å². The van der Waals surface area contributed by atoms with Gasteiger partial charge >= 0.3 is 0 Å². The van der Waals surface area contributed by atoms with Crippen molar-refractivity contribution in [3.8, 4) is 0 Å². The second kappa shape index (κ2) is 6.46. The van der Waals surface area contributed by atoms with E-state index in [2.05, 4.69) is 21.2 Å². The van der Waals surface area contributed by atoms with E-state index in [1.807, 2.05) is 6.92 Å². The van der Waals surface area contributed by atoms with Crippen LogP contribution in [0.3, 0.4) is 0 Å². The average Bonchev–Trinajstić information content (AvgIpc) is 2.31. The molecule has 98 valence electrons. The molecular weight excluding hydrogens is 302 g/mol. The molecule has 0 radical (unpaired) electrons. The Morgan fingerprint density at radius 3 is 2.83 bits per heavy atom. The number of nitrogens with zero attached hydrogens (tertiary/aromatic N) is 1. The third-order valence-corrected chi connectivity index (χ3v) is 3.05. The van der Waals surface area contributed by atoms with Gasteiger partial charge in [0, 0.05) is 16.6 Å². The van der Waals surface area contributed by atoms with Crippen LogP contribution in [0.2, 0.25) is 0 Å². The standard InChI is InChI=1S/C11H14BrN3O3/c1-2-3-9(13)11(16)14-10-6-7(15(17)18)4-5-8(10)12/h4-6,9H,2-3,13H2,1H3,(H,14,16)/t9-/m1/s1. The van der Waals surface area contributed by atoms with Crippen molar-refractivity contribution in [2.45, 2.75) is 25.8 Å². The lowest BCUT2D eigenvalue weighted by Gasteiger charge is -2.12. The molecule has 0 bridgehead atoms. The van der Waals surface area contributed by atoms with E-state index in [0.29, 0.717) is 16.6 Å². The summed E-state index contributed by atoms with van der Waals surface area (Å²) in [5.41, 5.74) is 5.92. The van der Waals surface area contributed by atoms with Gasteiger partial charge < -0.3 is 11.1 Å². The minimum atomic E-state index is -0.610. The van der Waals surface area contributed by atoms with Crippen molar-refractivity contribution in [2.24, 2.45) is 5.73 Å². The van der Waals surface area contributed by atoms with E-state index in [9.17, 15) is 14.9 Å². The molecule has 6 nitrogen and oxygen atoms in total. The highest BCUT2D eigenvalue weighted by Gasteiger charge is 2.16. The molecule has 0 saturated heterocycles. The largest absolute Gasteiger partial charge is 0.323 e. The fourth-order valence-electron chi connectivity index (χ4n) is 1.39. The second-order valence-corrected chi connectivity index (χ2v) is 4.66. The van der Waals surface area contributed by atoms with Gasteiger partial charge in [-0.2, -0.15) is 0 Å². The number of amides is 1. The Kier molecular flexibility index (Phi) is 5.24. The normalized spacial score (nSPS) is 11.9. The highest BCUT2D eigenvalue weighted by molar-refractivity contribution is 9.10. The first-order chi connectivity index (χ1) is 8.45. The van der Waals surface area contributed by atoms with Crippen molar-refractivity contribution < 1.29 is 9.72 Å². The number of hydrogen-bond donors (Lipinski definition) is 2. The molecule has 0 aliphatic carbocycles. The van der Waals surface area contributed by atoms with E-state index >= 15 is 0 Å². The minimum absolute atomic E-state index is 0.0856. The Balaban J connectivity index is 2.86. The molecule has 1 amide bonds. The van der Waals surface area contributed by atoms with Crippen LogP contribution in [-0.2, 0) is 4.79 Å². The third-order valence-electron chi connectivity index (χ3n) is 2.36. The van der Waals surface area contributed by atoms with Crippen molar-refractivity contribution in [1.29, 1.82) is 0 Å². The molecule has 0 heterocycles. The average molecular weight is 316 g/mol. The molecule has 0 aliphatic heterocycles. The minimum Gasteiger partial charge on any atom is -0.323 e.